The SMILES string of the molecule is CC[N+](CC)(CC)CC.CC[N+](CC)(CC)CC.[Br][Mn]([Br])([Br])[Br]. The van der Waals surface area contributed by atoms with Crippen molar-refractivity contribution in [1.29, 1.82) is 0 Å². The van der Waals surface area contributed by atoms with Gasteiger partial charge >= 0.3 is 62.1 Å². The van der Waals surface area contributed by atoms with Crippen LogP contribution in [0.15, 0.2) is 0 Å². The van der Waals surface area contributed by atoms with E-state index in [1.165, 1.54) is 61.3 Å². The van der Waals surface area contributed by atoms with Gasteiger partial charge in [0.1, 0.15) is 0 Å². The van der Waals surface area contributed by atoms with Crippen molar-refractivity contribution in [2.24, 2.45) is 0 Å². The first-order chi connectivity index (χ1) is 10.5. The summed E-state index contributed by atoms with van der Waals surface area (Å²) in [4.78, 5) is 0. The normalized spacial score (nSPS) is 12.7. The molecule has 0 amide bonds. The standard InChI is InChI=1S/2C8H20N.4BrH.Mn/c2*1-5-9(6-2,7-3)8-4;;;;;/h2*5-8H2,1-4H3;4*1H;/q2*+1;;;;;+4/p-4. The van der Waals surface area contributed by atoms with Crippen LogP contribution in [0.1, 0.15) is 55.4 Å². The zero-order valence-electron chi connectivity index (χ0n) is 16.4. The molecule has 0 aliphatic carbocycles. The van der Waals surface area contributed by atoms with Crippen molar-refractivity contribution >= 4 is 56.4 Å². The van der Waals surface area contributed by atoms with Crippen molar-refractivity contribution in [2.45, 2.75) is 55.4 Å². The first kappa shape index (κ1) is 30.1. The predicted octanol–water partition coefficient (Wildman–Crippen LogP) is 7.15. The van der Waals surface area contributed by atoms with Gasteiger partial charge in [-0.25, -0.2) is 0 Å². The van der Waals surface area contributed by atoms with E-state index in [2.05, 4.69) is 112 Å². The Morgan fingerprint density at radius 1 is 0.435 bits per heavy atom. The van der Waals surface area contributed by atoms with Crippen LogP contribution >= 0.6 is 56.4 Å². The van der Waals surface area contributed by atoms with Gasteiger partial charge in [-0.1, -0.05) is 0 Å². The van der Waals surface area contributed by atoms with E-state index in [1.807, 2.05) is 0 Å². The van der Waals surface area contributed by atoms with Crippen molar-refractivity contribution in [3.63, 3.8) is 0 Å². The minimum absolute atomic E-state index is 1.28. The Morgan fingerprint density at radius 3 is 0.522 bits per heavy atom. The molecule has 0 saturated carbocycles. The fraction of sp³-hybridized carbons (Fsp3) is 1.00. The van der Waals surface area contributed by atoms with Crippen LogP contribution in [0.2, 0.25) is 0 Å². The monoisotopic (exact) mass is 631 g/mol. The summed E-state index contributed by atoms with van der Waals surface area (Å²) in [5.41, 5.74) is -1.38. The van der Waals surface area contributed by atoms with Gasteiger partial charge in [-0.05, 0) is 55.4 Å². The van der Waals surface area contributed by atoms with Gasteiger partial charge in [0.15, 0.2) is 0 Å². The van der Waals surface area contributed by atoms with E-state index in [0.29, 0.717) is 0 Å². The summed E-state index contributed by atoms with van der Waals surface area (Å²) < 4.78 is 2.56. The molecule has 0 aliphatic heterocycles. The summed E-state index contributed by atoms with van der Waals surface area (Å²) in [6.45, 7) is 28.4. The molecule has 0 N–H and O–H groups in total. The van der Waals surface area contributed by atoms with Gasteiger partial charge in [-0.15, -0.1) is 0 Å². The molecule has 0 aromatic rings. The average Bonchev–Trinajstić information content (AvgIpc) is 2.52. The van der Waals surface area contributed by atoms with Crippen LogP contribution in [0.25, 0.3) is 0 Å². The van der Waals surface area contributed by atoms with Gasteiger partial charge in [0.2, 0.25) is 0 Å². The third-order valence-corrected chi connectivity index (χ3v) is 5.37. The first-order valence-corrected chi connectivity index (χ1v) is 20.4. The van der Waals surface area contributed by atoms with Gasteiger partial charge in [0.05, 0.1) is 52.4 Å². The number of halogens is 4. The summed E-state index contributed by atoms with van der Waals surface area (Å²) in [5.74, 6) is 0. The summed E-state index contributed by atoms with van der Waals surface area (Å²) in [5, 5.41) is 0. The molecule has 7 heteroatoms. The molecule has 23 heavy (non-hydrogen) atoms. The molecule has 0 saturated heterocycles. The van der Waals surface area contributed by atoms with E-state index in [0.717, 1.165) is 0 Å². The summed E-state index contributed by atoms with van der Waals surface area (Å²) >= 11 is 13.1. The van der Waals surface area contributed by atoms with Gasteiger partial charge in [0, 0.05) is 0 Å². The van der Waals surface area contributed by atoms with E-state index in [4.69, 9.17) is 0 Å². The second-order valence-electron chi connectivity index (χ2n) is 5.54. The first-order valence-electron chi connectivity index (χ1n) is 8.76. The molecular formula is C16H40Br4MnN2+2. The second kappa shape index (κ2) is 16.5. The zero-order chi connectivity index (χ0) is 19.2. The van der Waals surface area contributed by atoms with Gasteiger partial charge < -0.3 is 8.97 Å². The van der Waals surface area contributed by atoms with E-state index >= 15 is 0 Å². The quantitative estimate of drug-likeness (QED) is 0.197. The van der Waals surface area contributed by atoms with Crippen LogP contribution in [-0.2, 0) is 5.61 Å². The van der Waals surface area contributed by atoms with Crippen molar-refractivity contribution < 1.29 is 14.6 Å². The Kier molecular flexibility index (Phi) is 21.6. The Bertz CT molecular complexity index is 192. The Labute approximate surface area is 177 Å². The maximum atomic E-state index is 3.27. The molecule has 0 rings (SSSR count). The van der Waals surface area contributed by atoms with Gasteiger partial charge in [-0.3, -0.25) is 0 Å². The Hall–Kier alpha value is 2.36. The second-order valence-corrected chi connectivity index (χ2v) is 41.3. The minimum atomic E-state index is -1.38. The Morgan fingerprint density at radius 2 is 0.522 bits per heavy atom. The van der Waals surface area contributed by atoms with Crippen LogP contribution in [0.4, 0.5) is 0 Å². The molecule has 2 nitrogen and oxygen atoms in total. The maximum absolute atomic E-state index is 3.27. The van der Waals surface area contributed by atoms with Crippen LogP contribution < -0.4 is 0 Å². The average molecular weight is 635 g/mol. The third kappa shape index (κ3) is 17.5. The number of rotatable bonds is 8. The molecule has 0 spiro atoms. The number of quaternary nitrogens is 2. The molecule has 0 atom stereocenters. The number of hydrogen-bond donors (Lipinski definition) is 0. The molecule has 147 valence electrons. The molecule has 0 bridgehead atoms. The van der Waals surface area contributed by atoms with E-state index in [1.54, 1.807) is 0 Å². The van der Waals surface area contributed by atoms with Crippen molar-refractivity contribution in [1.82, 2.24) is 0 Å². The van der Waals surface area contributed by atoms with Crippen molar-refractivity contribution in [3.05, 3.63) is 0 Å². The van der Waals surface area contributed by atoms with Gasteiger partial charge in [0.25, 0.3) is 0 Å². The van der Waals surface area contributed by atoms with Crippen LogP contribution in [0.5, 0.6) is 0 Å². The van der Waals surface area contributed by atoms with E-state index in [-0.39, 0.29) is 0 Å². The third-order valence-electron chi connectivity index (χ3n) is 5.37. The molecule has 0 fully saturated rings. The van der Waals surface area contributed by atoms with Crippen molar-refractivity contribution in [3.8, 4) is 0 Å². The summed E-state index contributed by atoms with van der Waals surface area (Å²) in [6.07, 6.45) is 0. The van der Waals surface area contributed by atoms with Crippen LogP contribution in [0.3, 0.4) is 0 Å². The number of hydrogen-bond acceptors (Lipinski definition) is 0. The molecule has 0 aromatic heterocycles. The van der Waals surface area contributed by atoms with E-state index in [9.17, 15) is 0 Å². The Balaban J connectivity index is -0.000000273. The fourth-order valence-electron chi connectivity index (χ4n) is 2.68. The molecule has 0 aliphatic rings. The zero-order valence-corrected chi connectivity index (χ0v) is 24.0. The molecular weight excluding hydrogens is 595 g/mol. The van der Waals surface area contributed by atoms with Crippen molar-refractivity contribution in [2.75, 3.05) is 52.4 Å². The molecule has 0 aromatic carbocycles. The fourth-order valence-corrected chi connectivity index (χ4v) is 2.68. The summed E-state index contributed by atoms with van der Waals surface area (Å²) in [7, 11) is 0. The van der Waals surface area contributed by atoms with Gasteiger partial charge in [-0.2, -0.15) is 0 Å². The number of nitrogens with zero attached hydrogens (tertiary/aromatic N) is 2. The van der Waals surface area contributed by atoms with Crippen LogP contribution in [0, 0.1) is 0 Å². The summed E-state index contributed by atoms with van der Waals surface area (Å²) in [6, 6.07) is 0. The topological polar surface area (TPSA) is 0 Å². The molecule has 0 unspecified atom stereocenters. The molecule has 0 heterocycles. The molecule has 0 radical (unpaired) electrons. The van der Waals surface area contributed by atoms with Crippen LogP contribution in [-0.4, -0.2) is 61.3 Å². The van der Waals surface area contributed by atoms with E-state index < -0.39 is 5.61 Å². The predicted molar refractivity (Wildman–Crippen MR) is 121 cm³/mol.